The van der Waals surface area contributed by atoms with Gasteiger partial charge in [0, 0.05) is 36.1 Å². The Kier molecular flexibility index (Phi) is 5.94. The molecule has 156 valence electrons. The average Bonchev–Trinajstić information content (AvgIpc) is 3.11. The van der Waals surface area contributed by atoms with Crippen LogP contribution in [0.5, 0.6) is 5.88 Å². The Morgan fingerprint density at radius 1 is 1.30 bits per heavy atom. The van der Waals surface area contributed by atoms with Gasteiger partial charge < -0.3 is 24.8 Å². The van der Waals surface area contributed by atoms with Gasteiger partial charge >= 0.3 is 6.09 Å². The number of β-amino-alcohol motifs (C(OH)–C–C–N with tert-alkyl or cyclic N) is 1. The molecule has 0 bridgehead atoms. The molecule has 2 N–H and O–H groups in total. The number of aromatic nitrogens is 2. The van der Waals surface area contributed by atoms with Crippen LogP contribution in [0, 0.1) is 6.92 Å². The molecule has 0 aliphatic carbocycles. The van der Waals surface area contributed by atoms with Gasteiger partial charge in [-0.3, -0.25) is 0 Å². The number of aliphatic hydroxyl groups excluding tert-OH is 1. The van der Waals surface area contributed by atoms with Gasteiger partial charge in [-0.2, -0.15) is 0 Å². The fourth-order valence-corrected chi connectivity index (χ4v) is 3.44. The zero-order valence-corrected chi connectivity index (χ0v) is 16.7. The molecule has 3 aromatic rings. The van der Waals surface area contributed by atoms with Gasteiger partial charge in [-0.1, -0.05) is 30.3 Å². The summed E-state index contributed by atoms with van der Waals surface area (Å²) in [7, 11) is 0. The lowest BCUT2D eigenvalue weighted by Gasteiger charge is -2.14. The summed E-state index contributed by atoms with van der Waals surface area (Å²) in [6, 6.07) is 14.1. The number of carbonyl (C=O) groups excluding carboxylic acids is 1. The summed E-state index contributed by atoms with van der Waals surface area (Å²) in [6.45, 7) is 3.31. The Hall–Kier alpha value is -3.39. The van der Waals surface area contributed by atoms with Crippen LogP contribution in [0.1, 0.15) is 11.3 Å². The number of benzene rings is 1. The van der Waals surface area contributed by atoms with Crippen LogP contribution >= 0.6 is 0 Å². The smallest absolute Gasteiger partial charge is 0.410 e. The Morgan fingerprint density at radius 3 is 2.93 bits per heavy atom. The second kappa shape index (κ2) is 8.96. The first-order chi connectivity index (χ1) is 14.6. The van der Waals surface area contributed by atoms with Gasteiger partial charge in [0.1, 0.15) is 12.1 Å². The summed E-state index contributed by atoms with van der Waals surface area (Å²) in [5, 5.41) is 13.4. The van der Waals surface area contributed by atoms with E-state index >= 15 is 0 Å². The summed E-state index contributed by atoms with van der Waals surface area (Å²) in [5.41, 5.74) is 3.64. The number of amides is 1. The molecule has 0 radical (unpaired) electrons. The van der Waals surface area contributed by atoms with E-state index in [1.165, 1.54) is 10.5 Å². The van der Waals surface area contributed by atoms with Crippen molar-refractivity contribution in [1.29, 1.82) is 0 Å². The van der Waals surface area contributed by atoms with Crippen molar-refractivity contribution in [2.45, 2.75) is 19.6 Å². The van der Waals surface area contributed by atoms with Crippen LogP contribution in [0.15, 0.2) is 48.7 Å². The number of fused-ring (bicyclic) bond motifs is 1. The number of hydrogen-bond donors (Lipinski definition) is 2. The Bertz CT molecular complexity index is 1030. The molecule has 0 spiro atoms. The van der Waals surface area contributed by atoms with Gasteiger partial charge in [-0.05, 0) is 24.6 Å². The lowest BCUT2D eigenvalue weighted by Crippen LogP contribution is -2.29. The normalized spacial score (nSPS) is 16.0. The van der Waals surface area contributed by atoms with Crippen LogP contribution in [-0.2, 0) is 11.3 Å². The quantitative estimate of drug-likeness (QED) is 0.591. The van der Waals surface area contributed by atoms with Crippen LogP contribution in [0.4, 0.5) is 10.5 Å². The predicted octanol–water partition coefficient (Wildman–Crippen LogP) is 2.74. The maximum atomic E-state index is 11.8. The molecule has 1 amide bonds. The van der Waals surface area contributed by atoms with Gasteiger partial charge in [-0.25, -0.2) is 14.8 Å². The molecule has 3 heterocycles. The van der Waals surface area contributed by atoms with E-state index in [2.05, 4.69) is 27.4 Å². The molecule has 2 aromatic heterocycles. The summed E-state index contributed by atoms with van der Waals surface area (Å²) < 4.78 is 11.2. The number of anilines is 1. The van der Waals surface area contributed by atoms with Crippen molar-refractivity contribution in [1.82, 2.24) is 14.9 Å². The van der Waals surface area contributed by atoms with E-state index < -0.39 is 12.2 Å². The fourth-order valence-electron chi connectivity index (χ4n) is 3.44. The highest BCUT2D eigenvalue weighted by atomic mass is 16.6. The Labute approximate surface area is 174 Å². The zero-order valence-electron chi connectivity index (χ0n) is 16.7. The highest BCUT2D eigenvalue weighted by molar-refractivity contribution is 5.94. The first kappa shape index (κ1) is 19.9. The summed E-state index contributed by atoms with van der Waals surface area (Å²) in [4.78, 5) is 22.2. The molecule has 8 nitrogen and oxygen atoms in total. The maximum Gasteiger partial charge on any atom is 0.410 e. The van der Waals surface area contributed by atoms with Crippen molar-refractivity contribution in [3.05, 3.63) is 59.9 Å². The molecule has 0 saturated carbocycles. The molecule has 30 heavy (non-hydrogen) atoms. The number of aliphatic hydroxyl groups is 1. The number of nitrogens with one attached hydrogen (secondary N) is 1. The monoisotopic (exact) mass is 408 g/mol. The molecular formula is C22H24N4O4. The second-order valence-electron chi connectivity index (χ2n) is 7.15. The van der Waals surface area contributed by atoms with Gasteiger partial charge in [0.25, 0.3) is 0 Å². The molecule has 1 saturated heterocycles. The number of aryl methyl sites for hydroxylation is 1. The van der Waals surface area contributed by atoms with Crippen LogP contribution < -0.4 is 10.1 Å². The predicted molar refractivity (Wildman–Crippen MR) is 112 cm³/mol. The number of carbonyl (C=O) groups is 1. The molecule has 1 unspecified atom stereocenters. The third-order valence-electron chi connectivity index (χ3n) is 4.87. The minimum atomic E-state index is -0.440. The minimum Gasteiger partial charge on any atom is -0.472 e. The zero-order chi connectivity index (χ0) is 20.9. The average molecular weight is 408 g/mol. The molecule has 1 fully saturated rings. The molecule has 1 aromatic carbocycles. The van der Waals surface area contributed by atoms with Crippen molar-refractivity contribution >= 4 is 22.7 Å². The number of pyridine rings is 2. The second-order valence-corrected chi connectivity index (χ2v) is 7.15. The van der Waals surface area contributed by atoms with Gasteiger partial charge in [-0.15, -0.1) is 0 Å². The van der Waals surface area contributed by atoms with Crippen molar-refractivity contribution < 1.29 is 19.4 Å². The molecule has 8 heteroatoms. The first-order valence-electron chi connectivity index (χ1n) is 9.87. The van der Waals surface area contributed by atoms with E-state index in [1.807, 2.05) is 37.3 Å². The van der Waals surface area contributed by atoms with Crippen molar-refractivity contribution in [2.24, 2.45) is 0 Å². The topological polar surface area (TPSA) is 96.8 Å². The molecular weight excluding hydrogens is 384 g/mol. The Morgan fingerprint density at radius 2 is 2.13 bits per heavy atom. The highest BCUT2D eigenvalue weighted by Crippen LogP contribution is 2.29. The summed E-state index contributed by atoms with van der Waals surface area (Å²) >= 11 is 0. The van der Waals surface area contributed by atoms with E-state index in [0.717, 1.165) is 16.8 Å². The molecule has 1 aliphatic rings. The van der Waals surface area contributed by atoms with E-state index in [-0.39, 0.29) is 19.8 Å². The molecule has 4 rings (SSSR count). The van der Waals surface area contributed by atoms with Gasteiger partial charge in [0.05, 0.1) is 13.2 Å². The lowest BCUT2D eigenvalue weighted by atomic mass is 10.1. The maximum absolute atomic E-state index is 11.8. The SMILES string of the molecule is Cc1cc(NCc2ccccc2)c2ccnc(OCC3CN(CCO)C(=O)O3)c2n1. The van der Waals surface area contributed by atoms with E-state index in [0.29, 0.717) is 24.5 Å². The van der Waals surface area contributed by atoms with Crippen LogP contribution in [0.3, 0.4) is 0 Å². The van der Waals surface area contributed by atoms with Crippen LogP contribution in [-0.4, -0.2) is 58.5 Å². The first-order valence-corrected chi connectivity index (χ1v) is 9.87. The standard InChI is InChI=1S/C22H24N4O4/c1-15-11-19(24-12-16-5-3-2-4-6-16)18-7-8-23-21(20(18)25-15)29-14-17-13-26(9-10-27)22(28)30-17/h2-8,11,17,27H,9-10,12-14H2,1H3,(H,24,25). The highest BCUT2D eigenvalue weighted by Gasteiger charge is 2.31. The van der Waals surface area contributed by atoms with Crippen molar-refractivity contribution in [3.8, 4) is 5.88 Å². The number of hydrogen-bond acceptors (Lipinski definition) is 7. The number of rotatable bonds is 8. The van der Waals surface area contributed by atoms with Crippen molar-refractivity contribution in [2.75, 3.05) is 31.6 Å². The third kappa shape index (κ3) is 4.44. The number of ether oxygens (including phenoxy) is 2. The largest absolute Gasteiger partial charge is 0.472 e. The lowest BCUT2D eigenvalue weighted by molar-refractivity contribution is 0.101. The number of cyclic esters (lactones) is 1. The summed E-state index contributed by atoms with van der Waals surface area (Å²) in [6.07, 6.45) is 0.827. The number of nitrogens with zero attached hydrogens (tertiary/aromatic N) is 3. The van der Waals surface area contributed by atoms with Gasteiger partial charge in [0.2, 0.25) is 5.88 Å². The fraction of sp³-hybridized carbons (Fsp3) is 0.318. The van der Waals surface area contributed by atoms with Crippen molar-refractivity contribution in [3.63, 3.8) is 0 Å². The van der Waals surface area contributed by atoms with E-state index in [9.17, 15) is 4.79 Å². The van der Waals surface area contributed by atoms with Gasteiger partial charge in [0.15, 0.2) is 6.10 Å². The van der Waals surface area contributed by atoms with Crippen LogP contribution in [0.25, 0.3) is 10.9 Å². The molecule has 1 atom stereocenters. The summed E-state index contributed by atoms with van der Waals surface area (Å²) in [5.74, 6) is 0.399. The third-order valence-corrected chi connectivity index (χ3v) is 4.87. The Balaban J connectivity index is 1.50. The van der Waals surface area contributed by atoms with E-state index in [4.69, 9.17) is 14.6 Å². The van der Waals surface area contributed by atoms with E-state index in [1.54, 1.807) is 6.20 Å². The minimum absolute atomic E-state index is 0.102. The molecule has 1 aliphatic heterocycles. The van der Waals surface area contributed by atoms with Crippen LogP contribution in [0.2, 0.25) is 0 Å².